The summed E-state index contributed by atoms with van der Waals surface area (Å²) in [5.74, 6) is 0. The molecule has 0 aliphatic heterocycles. The number of rotatable bonds is 4. The molecule has 14 N–H and O–H groups in total. The van der Waals surface area contributed by atoms with Crippen molar-refractivity contribution in [2.45, 2.75) is 7.43 Å². The summed E-state index contributed by atoms with van der Waals surface area (Å²) < 4.78 is -0.00101. The van der Waals surface area contributed by atoms with Crippen LogP contribution in [0, 0.1) is 0 Å². The molecule has 0 aromatic heterocycles. The first-order valence-corrected chi connectivity index (χ1v) is 6.85. The zero-order valence-corrected chi connectivity index (χ0v) is 16.3. The number of hydrogen-bond donors (Lipinski definition) is 0. The monoisotopic (exact) mass is 606 g/mol. The maximum absolute atomic E-state index is 11.9. The first kappa shape index (κ1) is 63.0. The molecule has 0 saturated heterocycles. The summed E-state index contributed by atoms with van der Waals surface area (Å²) in [6, 6.07) is 18.0. The van der Waals surface area contributed by atoms with Crippen LogP contribution in [0.25, 0.3) is 0 Å². The molecule has 0 saturated carbocycles. The van der Waals surface area contributed by atoms with Crippen LogP contribution in [0.3, 0.4) is 0 Å². The summed E-state index contributed by atoms with van der Waals surface area (Å²) >= 11 is -1.41. The van der Waals surface area contributed by atoms with Crippen molar-refractivity contribution in [1.82, 2.24) is 0 Å². The zero-order valence-electron chi connectivity index (χ0n) is 13.3. The maximum Gasteiger partial charge on any atom is 0 e. The third kappa shape index (κ3) is 22.5. The molecule has 0 fully saturated rings. The number of hydrogen-bond acceptors (Lipinski definition) is 2. The van der Waals surface area contributed by atoms with Crippen molar-refractivity contribution in [3.8, 4) is 0 Å². The molecule has 0 aliphatic carbocycles. The average molecular weight is 606 g/mol. The molecule has 0 aliphatic rings. The predicted octanol–water partition coefficient (Wildman–Crippen LogP) is -4.60. The molecular formula is C15H32BaCaMgO9Ti. The van der Waals surface area contributed by atoms with Gasteiger partial charge in [0.05, 0.1) is 0 Å². The number of carbonyl (C=O) groups excluding carboxylic acids is 2. The molecule has 0 unspecified atom stereocenters. The van der Waals surface area contributed by atoms with E-state index in [1.54, 1.807) is 24.3 Å². The second-order valence-electron chi connectivity index (χ2n) is 3.76. The maximum atomic E-state index is 11.9. The van der Waals surface area contributed by atoms with E-state index in [1.165, 1.54) is 0 Å². The normalized spacial score (nSPS) is 5.71. The van der Waals surface area contributed by atoms with Gasteiger partial charge >= 0.3 is 107 Å². The van der Waals surface area contributed by atoms with Crippen LogP contribution in [0.4, 0.5) is 0 Å². The smallest absolute Gasteiger partial charge is 0 e. The second kappa shape index (κ2) is 36.2. The summed E-state index contributed by atoms with van der Waals surface area (Å²) in [5.41, 5.74) is 1.28. The molecule has 0 radical (unpaired) electrons. The summed E-state index contributed by atoms with van der Waals surface area (Å²) in [6.07, 6.45) is 0. The molecule has 2 aromatic carbocycles. The molecule has 0 heterocycles. The quantitative estimate of drug-likeness (QED) is 0.312. The van der Waals surface area contributed by atoms with Gasteiger partial charge in [0, 0.05) is 29.5 Å². The van der Waals surface area contributed by atoms with Gasteiger partial charge in [0.2, 0.25) is 0 Å². The van der Waals surface area contributed by atoms with E-state index in [0.29, 0.717) is 11.1 Å². The van der Waals surface area contributed by atoms with Crippen LogP contribution in [-0.2, 0) is 21.7 Å². The van der Waals surface area contributed by atoms with Crippen molar-refractivity contribution in [2.75, 3.05) is 0 Å². The van der Waals surface area contributed by atoms with Crippen LogP contribution in [0.15, 0.2) is 60.7 Å². The predicted molar refractivity (Wildman–Crippen MR) is 116 cm³/mol. The Labute approximate surface area is 259 Å². The Balaban J connectivity index is -0.0000000368. The fourth-order valence-electron chi connectivity index (χ4n) is 1.60. The van der Waals surface area contributed by atoms with Crippen LogP contribution in [0.1, 0.15) is 28.1 Å². The number of benzene rings is 2. The first-order chi connectivity index (χ1) is 8.27. The third-order valence-corrected chi connectivity index (χ3v) is 3.97. The van der Waals surface area contributed by atoms with E-state index in [9.17, 15) is 9.59 Å². The first-order valence-electron chi connectivity index (χ1n) is 5.44. The summed E-state index contributed by atoms with van der Waals surface area (Å²) in [4.78, 5) is 23.7. The van der Waals surface area contributed by atoms with Gasteiger partial charge in [-0.15, -0.1) is 0 Å². The van der Waals surface area contributed by atoms with Gasteiger partial charge in [-0.1, -0.05) is 68.1 Å². The van der Waals surface area contributed by atoms with Crippen molar-refractivity contribution in [3.05, 3.63) is 71.8 Å². The van der Waals surface area contributed by atoms with Gasteiger partial charge in [0.25, 0.3) is 0 Å². The topological polar surface area (TPSA) is 255 Å². The van der Waals surface area contributed by atoms with Crippen LogP contribution < -0.4 is 0 Å². The van der Waals surface area contributed by atoms with Crippen molar-refractivity contribution >= 4 is 115 Å². The van der Waals surface area contributed by atoms with Crippen molar-refractivity contribution in [2.24, 2.45) is 0 Å². The van der Waals surface area contributed by atoms with Gasteiger partial charge < -0.3 is 47.9 Å². The molecule has 156 valence electrons. The largest absolute Gasteiger partial charge is 0 e. The Morgan fingerprint density at radius 3 is 1.00 bits per heavy atom. The molecule has 0 bridgehead atoms. The Bertz CT molecular complexity index is 504. The van der Waals surface area contributed by atoms with E-state index < -0.39 is 20.4 Å². The second-order valence-corrected chi connectivity index (χ2v) is 5.39. The number of carbonyl (C=O) groups is 2. The molecule has 9 nitrogen and oxygen atoms in total. The van der Waals surface area contributed by atoms with Crippen molar-refractivity contribution < 1.29 is 69.6 Å². The Hall–Kier alpha value is 1.81. The molecule has 2 rings (SSSR count). The molecule has 2 aromatic rings. The van der Waals surface area contributed by atoms with Gasteiger partial charge in [-0.05, 0) is 11.1 Å². The summed E-state index contributed by atoms with van der Waals surface area (Å²) in [7, 11) is 0. The summed E-state index contributed by atoms with van der Waals surface area (Å²) in [5, 5.41) is 0. The van der Waals surface area contributed by atoms with Crippen LogP contribution in [0.5, 0.6) is 0 Å². The van der Waals surface area contributed by atoms with Gasteiger partial charge in [0.15, 0.2) is 0 Å². The SMILES string of the molecule is C.O.O.O.O.O.O.O.O=[C]([Mg][C](=O)c1ccccc1)c1ccccc1.[BaH2].[CaH2].[Ti]. The van der Waals surface area contributed by atoms with E-state index in [0.717, 1.165) is 0 Å². The van der Waals surface area contributed by atoms with E-state index in [2.05, 4.69) is 0 Å². The fraction of sp³-hybridized carbons (Fsp3) is 0.0667. The van der Waals surface area contributed by atoms with Crippen LogP contribution in [0.2, 0.25) is 0 Å². The standard InChI is InChI=1S/2C7H5O.CH4.Ba.Ca.Mg.7H2O.Ti.4H/c2*8-6-7-4-2-1-3-5-7;;;;;;;;;;;;;;;;/h2*1-5H;1H4;;;;7*1H2;;;;;. The Morgan fingerprint density at radius 1 is 0.571 bits per heavy atom. The molecule has 0 amide bonds. The van der Waals surface area contributed by atoms with Crippen LogP contribution in [-0.4, -0.2) is 153 Å². The van der Waals surface area contributed by atoms with Gasteiger partial charge in [0.1, 0.15) is 0 Å². The molecular weight excluding hydrogens is 574 g/mol. The van der Waals surface area contributed by atoms with E-state index >= 15 is 0 Å². The zero-order chi connectivity index (χ0) is 12.1. The molecule has 13 heteroatoms. The van der Waals surface area contributed by atoms with E-state index in [-0.39, 0.29) is 162 Å². The molecule has 28 heavy (non-hydrogen) atoms. The average Bonchev–Trinajstić information content (AvgIpc) is 2.40. The minimum atomic E-state index is -1.41. The Kier molecular flexibility index (Phi) is 81.5. The van der Waals surface area contributed by atoms with Gasteiger partial charge in [-0.25, -0.2) is 0 Å². The van der Waals surface area contributed by atoms with Crippen molar-refractivity contribution in [1.29, 1.82) is 0 Å². The van der Waals surface area contributed by atoms with E-state index in [4.69, 9.17) is 0 Å². The van der Waals surface area contributed by atoms with Gasteiger partial charge in [-0.2, -0.15) is 0 Å². The Morgan fingerprint density at radius 2 is 0.786 bits per heavy atom. The minimum Gasteiger partial charge on any atom is 0 e. The van der Waals surface area contributed by atoms with Crippen LogP contribution >= 0.6 is 0 Å². The van der Waals surface area contributed by atoms with Crippen molar-refractivity contribution in [3.63, 3.8) is 0 Å². The molecule has 0 spiro atoms. The van der Waals surface area contributed by atoms with E-state index in [1.807, 2.05) is 36.4 Å². The fourth-order valence-corrected chi connectivity index (χ4v) is 2.77. The minimum absolute atomic E-state index is 0. The summed E-state index contributed by atoms with van der Waals surface area (Å²) in [6.45, 7) is 0. The molecule has 0 atom stereocenters. The van der Waals surface area contributed by atoms with Gasteiger partial charge in [-0.3, -0.25) is 0 Å². The third-order valence-electron chi connectivity index (χ3n) is 2.51.